The number of unbranched alkanes of at least 4 members (excludes halogenated alkanes) is 25. The van der Waals surface area contributed by atoms with Crippen molar-refractivity contribution >= 4 is 13.8 Å². The Bertz CT molecular complexity index is 848. The normalized spacial score (nSPS) is 13.9. The Morgan fingerprint density at radius 3 is 1.46 bits per heavy atom. The van der Waals surface area contributed by atoms with Crippen LogP contribution in [-0.2, 0) is 27.9 Å². The van der Waals surface area contributed by atoms with Gasteiger partial charge in [-0.15, -0.1) is 0 Å². The molecule has 0 rings (SSSR count). The van der Waals surface area contributed by atoms with Gasteiger partial charge in [-0.25, -0.2) is 4.57 Å². The fourth-order valence-corrected chi connectivity index (χ4v) is 6.88. The molecule has 0 aliphatic rings. The second-order valence-corrected chi connectivity index (χ2v) is 17.5. The Morgan fingerprint density at radius 1 is 0.577 bits per heavy atom. The number of likely N-dealkylation sites (N-methyl/N-ethyl adjacent to an activating group) is 1. The zero-order chi connectivity index (χ0) is 38.4. The molecule has 2 atom stereocenters. The van der Waals surface area contributed by atoms with Crippen LogP contribution in [0.5, 0.6) is 0 Å². The third kappa shape index (κ3) is 40.4. The number of carbonyl (C=O) groups excluding carboxylic acids is 1. The maximum Gasteiger partial charge on any atom is 0.472 e. The van der Waals surface area contributed by atoms with Crippen LogP contribution in [0.1, 0.15) is 200 Å². The number of phosphoric ester groups is 1. The number of allylic oxidation sites excluding steroid dienone is 2. The van der Waals surface area contributed by atoms with Crippen molar-refractivity contribution in [2.75, 3.05) is 54.1 Å². The molecule has 52 heavy (non-hydrogen) atoms. The van der Waals surface area contributed by atoms with Crippen LogP contribution in [0.3, 0.4) is 0 Å². The van der Waals surface area contributed by atoms with Crippen molar-refractivity contribution in [2.24, 2.45) is 0 Å². The molecule has 0 fully saturated rings. The highest BCUT2D eigenvalue weighted by Crippen LogP contribution is 2.43. The zero-order valence-corrected chi connectivity index (χ0v) is 36.0. The van der Waals surface area contributed by atoms with Gasteiger partial charge in [-0.05, 0) is 38.5 Å². The molecular formula is C43H87NO7P+. The minimum absolute atomic E-state index is 0.0912. The molecule has 0 aromatic rings. The molecule has 0 aromatic carbocycles. The summed E-state index contributed by atoms with van der Waals surface area (Å²) in [6.07, 6.45) is 39.6. The van der Waals surface area contributed by atoms with Gasteiger partial charge in [0.1, 0.15) is 19.3 Å². The Kier molecular flexibility index (Phi) is 36.6. The zero-order valence-electron chi connectivity index (χ0n) is 35.1. The molecule has 310 valence electrons. The highest BCUT2D eigenvalue weighted by atomic mass is 31.2. The number of esters is 1. The Morgan fingerprint density at radius 2 is 1.00 bits per heavy atom. The van der Waals surface area contributed by atoms with Crippen LogP contribution in [-0.4, -0.2) is 75.6 Å². The van der Waals surface area contributed by atoms with Crippen molar-refractivity contribution in [3.8, 4) is 0 Å². The maximum absolute atomic E-state index is 12.7. The summed E-state index contributed by atoms with van der Waals surface area (Å²) in [7, 11) is 1.67. The van der Waals surface area contributed by atoms with Crippen molar-refractivity contribution in [2.45, 2.75) is 206 Å². The van der Waals surface area contributed by atoms with E-state index in [1.807, 2.05) is 21.1 Å². The first-order valence-electron chi connectivity index (χ1n) is 21.9. The molecule has 1 N–H and O–H groups in total. The minimum Gasteiger partial charge on any atom is -0.457 e. The van der Waals surface area contributed by atoms with E-state index in [1.165, 1.54) is 148 Å². The molecule has 0 radical (unpaired) electrons. The lowest BCUT2D eigenvalue weighted by atomic mass is 10.1. The molecule has 9 heteroatoms. The van der Waals surface area contributed by atoms with Gasteiger partial charge in [0.25, 0.3) is 0 Å². The monoisotopic (exact) mass is 761 g/mol. The summed E-state index contributed by atoms with van der Waals surface area (Å²) in [6.45, 7) is 5.63. The average molecular weight is 761 g/mol. The van der Waals surface area contributed by atoms with Gasteiger partial charge in [-0.2, -0.15) is 0 Å². The van der Waals surface area contributed by atoms with Gasteiger partial charge in [0, 0.05) is 13.0 Å². The van der Waals surface area contributed by atoms with E-state index in [2.05, 4.69) is 26.0 Å². The van der Waals surface area contributed by atoms with Gasteiger partial charge < -0.3 is 18.9 Å². The van der Waals surface area contributed by atoms with Crippen LogP contribution < -0.4 is 0 Å². The van der Waals surface area contributed by atoms with E-state index in [4.69, 9.17) is 18.5 Å². The molecule has 0 saturated carbocycles. The number of nitrogens with zero attached hydrogens (tertiary/aromatic N) is 1. The third-order valence-corrected chi connectivity index (χ3v) is 10.6. The standard InChI is InChI=1S/C43H86NO7P/c1-6-8-10-12-14-16-17-18-19-20-21-22-23-24-25-26-27-28-30-32-34-36-43(45)51-42(41-50-52(46,47)49-39-37-44(3,4)5)40-48-38-35-33-31-29-15-13-11-9-7-2/h20-21,42H,6-19,22-41H2,1-5H3/p+1/b21-20-. The van der Waals surface area contributed by atoms with Crippen LogP contribution >= 0.6 is 7.82 Å². The first kappa shape index (κ1) is 51.2. The first-order valence-corrected chi connectivity index (χ1v) is 23.4. The van der Waals surface area contributed by atoms with Gasteiger partial charge in [-0.3, -0.25) is 13.8 Å². The lowest BCUT2D eigenvalue weighted by Crippen LogP contribution is -2.37. The topological polar surface area (TPSA) is 91.3 Å². The lowest BCUT2D eigenvalue weighted by molar-refractivity contribution is -0.870. The Labute approximate surface area is 322 Å². The van der Waals surface area contributed by atoms with Crippen molar-refractivity contribution in [3.05, 3.63) is 12.2 Å². The van der Waals surface area contributed by atoms with E-state index in [0.717, 1.165) is 32.1 Å². The van der Waals surface area contributed by atoms with E-state index in [9.17, 15) is 14.3 Å². The van der Waals surface area contributed by atoms with Crippen molar-refractivity contribution in [1.29, 1.82) is 0 Å². The summed E-state index contributed by atoms with van der Waals surface area (Å²) in [6, 6.07) is 0. The fraction of sp³-hybridized carbons (Fsp3) is 0.930. The average Bonchev–Trinajstić information content (AvgIpc) is 3.09. The van der Waals surface area contributed by atoms with Crippen molar-refractivity contribution in [1.82, 2.24) is 0 Å². The molecule has 0 bridgehead atoms. The summed E-state index contributed by atoms with van der Waals surface area (Å²) in [4.78, 5) is 22.8. The fourth-order valence-electron chi connectivity index (χ4n) is 6.14. The van der Waals surface area contributed by atoms with Crippen LogP contribution in [0.4, 0.5) is 0 Å². The van der Waals surface area contributed by atoms with Crippen LogP contribution in [0, 0.1) is 0 Å². The van der Waals surface area contributed by atoms with Crippen molar-refractivity contribution in [3.63, 3.8) is 0 Å². The van der Waals surface area contributed by atoms with E-state index >= 15 is 0 Å². The molecule has 0 aromatic heterocycles. The lowest BCUT2D eigenvalue weighted by Gasteiger charge is -2.24. The van der Waals surface area contributed by atoms with Crippen LogP contribution in [0.2, 0.25) is 0 Å². The third-order valence-electron chi connectivity index (χ3n) is 9.58. The van der Waals surface area contributed by atoms with Gasteiger partial charge in [0.05, 0.1) is 34.4 Å². The summed E-state index contributed by atoms with van der Waals surface area (Å²) in [5, 5.41) is 0. The Hall–Kier alpha value is -0.760. The second-order valence-electron chi connectivity index (χ2n) is 16.1. The molecule has 0 aliphatic heterocycles. The van der Waals surface area contributed by atoms with Gasteiger partial charge in [0.15, 0.2) is 0 Å². The summed E-state index contributed by atoms with van der Waals surface area (Å²) >= 11 is 0. The number of carbonyl (C=O) groups is 1. The predicted octanol–water partition coefficient (Wildman–Crippen LogP) is 12.7. The molecule has 0 saturated heterocycles. The molecule has 0 aliphatic carbocycles. The molecular weight excluding hydrogens is 673 g/mol. The quantitative estimate of drug-likeness (QED) is 0.0218. The predicted molar refractivity (Wildman–Crippen MR) is 220 cm³/mol. The molecule has 8 nitrogen and oxygen atoms in total. The smallest absolute Gasteiger partial charge is 0.457 e. The summed E-state index contributed by atoms with van der Waals surface area (Å²) < 4.78 is 34.9. The Balaban J connectivity index is 4.10. The number of phosphoric acid groups is 1. The largest absolute Gasteiger partial charge is 0.472 e. The van der Waals surface area contributed by atoms with E-state index in [1.54, 1.807) is 0 Å². The van der Waals surface area contributed by atoms with Crippen LogP contribution in [0.15, 0.2) is 12.2 Å². The number of ether oxygens (including phenoxy) is 2. The van der Waals surface area contributed by atoms with Crippen LogP contribution in [0.25, 0.3) is 0 Å². The minimum atomic E-state index is -4.26. The number of hydrogen-bond acceptors (Lipinski definition) is 6. The summed E-state index contributed by atoms with van der Waals surface area (Å²) in [5.41, 5.74) is 0. The second kappa shape index (κ2) is 37.2. The number of quaternary nitrogens is 1. The molecule has 0 amide bonds. The van der Waals surface area contributed by atoms with Gasteiger partial charge in [-0.1, -0.05) is 167 Å². The summed E-state index contributed by atoms with van der Waals surface area (Å²) in [5.74, 6) is -0.314. The van der Waals surface area contributed by atoms with Gasteiger partial charge >= 0.3 is 13.8 Å². The van der Waals surface area contributed by atoms with Gasteiger partial charge in [0.2, 0.25) is 0 Å². The highest BCUT2D eigenvalue weighted by Gasteiger charge is 2.26. The highest BCUT2D eigenvalue weighted by molar-refractivity contribution is 7.47. The molecule has 2 unspecified atom stereocenters. The molecule has 0 heterocycles. The van der Waals surface area contributed by atoms with E-state index in [-0.39, 0.29) is 25.8 Å². The van der Waals surface area contributed by atoms with E-state index < -0.39 is 13.9 Å². The SMILES string of the molecule is CCCCCCCCCC/C=C\CCCCCCCCCCCC(=O)OC(COCCCCCCCCCCC)COP(=O)(O)OCC[N+](C)(C)C. The van der Waals surface area contributed by atoms with E-state index in [0.29, 0.717) is 24.1 Å². The number of hydrogen-bond donors (Lipinski definition) is 1. The number of rotatable bonds is 41. The molecule has 0 spiro atoms. The first-order chi connectivity index (χ1) is 25.1. The maximum atomic E-state index is 12.7. The van der Waals surface area contributed by atoms with Crippen molar-refractivity contribution < 1.29 is 37.3 Å².